The van der Waals surface area contributed by atoms with Gasteiger partial charge in [-0.05, 0) is 24.6 Å². The van der Waals surface area contributed by atoms with E-state index in [1.165, 1.54) is 5.56 Å². The number of morpholine rings is 1. The van der Waals surface area contributed by atoms with Crippen molar-refractivity contribution in [2.24, 2.45) is 0 Å². The Kier molecular flexibility index (Phi) is 2.78. The molecule has 90 valence electrons. The number of fused-ring (bicyclic) bond motifs is 1. The van der Waals surface area contributed by atoms with Crippen LogP contribution in [0, 0.1) is 6.92 Å². The predicted molar refractivity (Wildman–Crippen MR) is 64.7 cm³/mol. The topological polar surface area (TPSA) is 43.2 Å². The number of ether oxygens (including phenoxy) is 1. The Balaban J connectivity index is 1.84. The van der Waals surface area contributed by atoms with Crippen molar-refractivity contribution in [3.63, 3.8) is 0 Å². The highest BCUT2D eigenvalue weighted by atomic mass is 16.5. The van der Waals surface area contributed by atoms with Crippen LogP contribution in [0.2, 0.25) is 0 Å². The highest BCUT2D eigenvalue weighted by Gasteiger charge is 2.12. The van der Waals surface area contributed by atoms with E-state index in [4.69, 9.17) is 4.74 Å². The van der Waals surface area contributed by atoms with Gasteiger partial charge in [0.15, 0.2) is 0 Å². The predicted octanol–water partition coefficient (Wildman–Crippen LogP) is 1.03. The second-order valence-electron chi connectivity index (χ2n) is 4.45. The number of rotatable bonds is 2. The van der Waals surface area contributed by atoms with Crippen LogP contribution in [0.5, 0.6) is 0 Å². The van der Waals surface area contributed by atoms with Crippen LogP contribution in [0.15, 0.2) is 18.2 Å². The summed E-state index contributed by atoms with van der Waals surface area (Å²) in [5, 5.41) is 8.41. The molecular weight excluding hydrogens is 216 g/mol. The molecule has 0 amide bonds. The first-order chi connectivity index (χ1) is 8.33. The molecule has 1 fully saturated rings. The van der Waals surface area contributed by atoms with Crippen LogP contribution in [-0.2, 0) is 11.4 Å². The normalized spacial score (nSPS) is 17.7. The molecule has 5 heteroatoms. The molecule has 0 spiro atoms. The summed E-state index contributed by atoms with van der Waals surface area (Å²) >= 11 is 0. The van der Waals surface area contributed by atoms with Crippen molar-refractivity contribution in [2.75, 3.05) is 26.3 Å². The van der Waals surface area contributed by atoms with Crippen molar-refractivity contribution in [2.45, 2.75) is 13.6 Å². The summed E-state index contributed by atoms with van der Waals surface area (Å²) in [6.45, 7) is 6.42. The van der Waals surface area contributed by atoms with Gasteiger partial charge in [0.05, 0.1) is 25.4 Å². The number of aryl methyl sites for hydroxylation is 1. The van der Waals surface area contributed by atoms with Gasteiger partial charge >= 0.3 is 0 Å². The van der Waals surface area contributed by atoms with E-state index in [-0.39, 0.29) is 0 Å². The van der Waals surface area contributed by atoms with E-state index in [0.29, 0.717) is 0 Å². The van der Waals surface area contributed by atoms with Crippen molar-refractivity contribution < 1.29 is 4.74 Å². The molecule has 17 heavy (non-hydrogen) atoms. The third kappa shape index (κ3) is 2.16. The molecule has 1 aromatic carbocycles. The number of hydrogen-bond acceptors (Lipinski definition) is 4. The summed E-state index contributed by atoms with van der Waals surface area (Å²) in [6.07, 6.45) is 0. The van der Waals surface area contributed by atoms with Gasteiger partial charge in [0, 0.05) is 13.1 Å². The molecule has 0 N–H and O–H groups in total. The average Bonchev–Trinajstić information content (AvgIpc) is 2.73. The molecule has 2 heterocycles. The first-order valence-electron chi connectivity index (χ1n) is 5.93. The molecule has 0 unspecified atom stereocenters. The summed E-state index contributed by atoms with van der Waals surface area (Å²) in [6, 6.07) is 6.25. The molecule has 0 radical (unpaired) electrons. The van der Waals surface area contributed by atoms with Gasteiger partial charge in [0.25, 0.3) is 0 Å². The summed E-state index contributed by atoms with van der Waals surface area (Å²) in [5.74, 6) is 0. The largest absolute Gasteiger partial charge is 0.379 e. The smallest absolute Gasteiger partial charge is 0.113 e. The molecule has 0 bridgehead atoms. The zero-order valence-corrected chi connectivity index (χ0v) is 9.96. The molecule has 0 atom stereocenters. The Hall–Kier alpha value is -1.46. The van der Waals surface area contributed by atoms with Crippen LogP contribution in [0.25, 0.3) is 11.0 Å². The number of aromatic nitrogens is 3. The van der Waals surface area contributed by atoms with E-state index in [2.05, 4.69) is 40.3 Å². The van der Waals surface area contributed by atoms with E-state index >= 15 is 0 Å². The van der Waals surface area contributed by atoms with Crippen LogP contribution >= 0.6 is 0 Å². The average molecular weight is 232 g/mol. The summed E-state index contributed by atoms with van der Waals surface area (Å²) in [7, 11) is 0. The number of hydrogen-bond donors (Lipinski definition) is 0. The van der Waals surface area contributed by atoms with Gasteiger partial charge in [-0.15, -0.1) is 5.10 Å². The maximum atomic E-state index is 5.34. The first-order valence-corrected chi connectivity index (χ1v) is 5.93. The highest BCUT2D eigenvalue weighted by molar-refractivity contribution is 5.74. The molecule has 1 aliphatic rings. The minimum Gasteiger partial charge on any atom is -0.379 e. The molecule has 2 aromatic rings. The Morgan fingerprint density at radius 3 is 2.94 bits per heavy atom. The minimum atomic E-state index is 0.795. The van der Waals surface area contributed by atoms with Crippen molar-refractivity contribution in [1.29, 1.82) is 0 Å². The molecular formula is C12H16N4O. The maximum Gasteiger partial charge on any atom is 0.113 e. The zero-order valence-electron chi connectivity index (χ0n) is 9.96. The molecule has 1 aromatic heterocycles. The fourth-order valence-electron chi connectivity index (χ4n) is 2.12. The van der Waals surface area contributed by atoms with Crippen molar-refractivity contribution in [1.82, 2.24) is 19.9 Å². The van der Waals surface area contributed by atoms with Crippen molar-refractivity contribution >= 4 is 11.0 Å². The lowest BCUT2D eigenvalue weighted by Crippen LogP contribution is -2.37. The molecule has 1 aliphatic heterocycles. The fraction of sp³-hybridized carbons (Fsp3) is 0.500. The van der Waals surface area contributed by atoms with Crippen molar-refractivity contribution in [3.05, 3.63) is 23.8 Å². The summed E-state index contributed by atoms with van der Waals surface area (Å²) < 4.78 is 7.29. The monoisotopic (exact) mass is 232 g/mol. The van der Waals surface area contributed by atoms with Gasteiger partial charge in [0.1, 0.15) is 5.52 Å². The van der Waals surface area contributed by atoms with E-state index in [1.54, 1.807) is 0 Å². The zero-order chi connectivity index (χ0) is 11.7. The summed E-state index contributed by atoms with van der Waals surface area (Å²) in [5.41, 5.74) is 3.29. The third-order valence-corrected chi connectivity index (χ3v) is 3.11. The van der Waals surface area contributed by atoms with Gasteiger partial charge in [-0.3, -0.25) is 4.90 Å². The van der Waals surface area contributed by atoms with Crippen LogP contribution in [-0.4, -0.2) is 46.2 Å². The van der Waals surface area contributed by atoms with Crippen LogP contribution < -0.4 is 0 Å². The lowest BCUT2D eigenvalue weighted by molar-refractivity contribution is 0.0218. The van der Waals surface area contributed by atoms with Gasteiger partial charge in [-0.2, -0.15) is 0 Å². The highest BCUT2D eigenvalue weighted by Crippen LogP contribution is 2.13. The SMILES string of the molecule is Cc1ccc2c(c1)nnn2CN1CCOCC1. The van der Waals surface area contributed by atoms with E-state index in [1.807, 2.05) is 4.68 Å². The second kappa shape index (κ2) is 4.43. The van der Waals surface area contributed by atoms with Gasteiger partial charge < -0.3 is 4.74 Å². The molecule has 0 saturated carbocycles. The maximum absolute atomic E-state index is 5.34. The third-order valence-electron chi connectivity index (χ3n) is 3.11. The summed E-state index contributed by atoms with van der Waals surface area (Å²) in [4.78, 5) is 2.33. The van der Waals surface area contributed by atoms with E-state index in [0.717, 1.165) is 44.0 Å². The van der Waals surface area contributed by atoms with Crippen molar-refractivity contribution in [3.8, 4) is 0 Å². The standard InChI is InChI=1S/C12H16N4O/c1-10-2-3-12-11(8-10)13-14-16(12)9-15-4-6-17-7-5-15/h2-3,8H,4-7,9H2,1H3. The number of nitrogens with zero attached hydrogens (tertiary/aromatic N) is 4. The Bertz CT molecular complexity index is 516. The second-order valence-corrected chi connectivity index (χ2v) is 4.45. The Morgan fingerprint density at radius 1 is 1.29 bits per heavy atom. The van der Waals surface area contributed by atoms with E-state index < -0.39 is 0 Å². The molecule has 1 saturated heterocycles. The number of benzene rings is 1. The van der Waals surface area contributed by atoms with E-state index in [9.17, 15) is 0 Å². The van der Waals surface area contributed by atoms with Gasteiger partial charge in [-0.1, -0.05) is 11.3 Å². The van der Waals surface area contributed by atoms with Crippen LogP contribution in [0.4, 0.5) is 0 Å². The van der Waals surface area contributed by atoms with Gasteiger partial charge in [-0.25, -0.2) is 4.68 Å². The molecule has 0 aliphatic carbocycles. The molecule has 3 rings (SSSR count). The molecule has 5 nitrogen and oxygen atoms in total. The minimum absolute atomic E-state index is 0.795. The Labute approximate surface area is 100.0 Å². The van der Waals surface area contributed by atoms with Crippen LogP contribution in [0.3, 0.4) is 0 Å². The lowest BCUT2D eigenvalue weighted by Gasteiger charge is -2.26. The van der Waals surface area contributed by atoms with Gasteiger partial charge in [0.2, 0.25) is 0 Å². The lowest BCUT2D eigenvalue weighted by atomic mass is 10.2. The van der Waals surface area contributed by atoms with Crippen LogP contribution in [0.1, 0.15) is 5.56 Å². The quantitative estimate of drug-likeness (QED) is 0.775. The first kappa shape index (κ1) is 10.7. The fourth-order valence-corrected chi connectivity index (χ4v) is 2.12. The Morgan fingerprint density at radius 2 is 2.12 bits per heavy atom.